The van der Waals surface area contributed by atoms with Crippen LogP contribution in [0.25, 0.3) is 0 Å². The highest BCUT2D eigenvalue weighted by Crippen LogP contribution is 2.29. The molecule has 0 unspecified atom stereocenters. The van der Waals surface area contributed by atoms with Gasteiger partial charge in [0.1, 0.15) is 23.7 Å². The third kappa shape index (κ3) is 4.57. The van der Waals surface area contributed by atoms with Crippen LogP contribution < -0.4 is 4.74 Å². The van der Waals surface area contributed by atoms with E-state index in [2.05, 4.69) is 4.90 Å². The van der Waals surface area contributed by atoms with Gasteiger partial charge in [-0.2, -0.15) is 4.31 Å². The molecule has 1 aromatic rings. The second-order valence-electron chi connectivity index (χ2n) is 8.22. The summed E-state index contributed by atoms with van der Waals surface area (Å²) in [4.78, 5) is 17.4. The SMILES string of the molecule is CS(=O)(=O)N1C[C@@H](Oc2ccc(F)cc2)C[C@H]1C(=O)N1CCN(C2CCC2)CC1. The molecule has 1 aromatic carbocycles. The molecular weight excluding hydrogens is 397 g/mol. The Kier molecular flexibility index (Phi) is 5.81. The van der Waals surface area contributed by atoms with Gasteiger partial charge in [-0.1, -0.05) is 6.42 Å². The van der Waals surface area contributed by atoms with Crippen LogP contribution in [-0.2, 0) is 14.8 Å². The number of rotatable bonds is 5. The summed E-state index contributed by atoms with van der Waals surface area (Å²) >= 11 is 0. The molecule has 160 valence electrons. The fraction of sp³-hybridized carbons (Fsp3) is 0.650. The molecule has 2 atom stereocenters. The highest BCUT2D eigenvalue weighted by molar-refractivity contribution is 7.88. The quantitative estimate of drug-likeness (QED) is 0.711. The summed E-state index contributed by atoms with van der Waals surface area (Å²) in [5.74, 6) is -0.0448. The molecule has 3 fully saturated rings. The Morgan fingerprint density at radius 3 is 2.31 bits per heavy atom. The molecule has 29 heavy (non-hydrogen) atoms. The fourth-order valence-electron chi connectivity index (χ4n) is 4.42. The lowest BCUT2D eigenvalue weighted by atomic mass is 9.91. The van der Waals surface area contributed by atoms with E-state index in [1.165, 1.54) is 47.8 Å². The maximum Gasteiger partial charge on any atom is 0.241 e. The number of benzene rings is 1. The van der Waals surface area contributed by atoms with Crippen molar-refractivity contribution in [2.45, 2.75) is 43.9 Å². The van der Waals surface area contributed by atoms with Crippen molar-refractivity contribution >= 4 is 15.9 Å². The van der Waals surface area contributed by atoms with Crippen LogP contribution in [0, 0.1) is 5.82 Å². The van der Waals surface area contributed by atoms with Crippen LogP contribution in [0.1, 0.15) is 25.7 Å². The first-order valence-electron chi connectivity index (χ1n) is 10.2. The number of piperazine rings is 1. The van der Waals surface area contributed by atoms with Crippen molar-refractivity contribution in [1.82, 2.24) is 14.1 Å². The molecule has 7 nitrogen and oxygen atoms in total. The summed E-state index contributed by atoms with van der Waals surface area (Å²) in [5, 5.41) is 0. The third-order valence-electron chi connectivity index (χ3n) is 6.26. The number of carbonyl (C=O) groups is 1. The number of nitrogens with zero attached hydrogens (tertiary/aromatic N) is 3. The van der Waals surface area contributed by atoms with Gasteiger partial charge in [0.05, 0.1) is 12.8 Å². The van der Waals surface area contributed by atoms with E-state index in [4.69, 9.17) is 4.74 Å². The van der Waals surface area contributed by atoms with Gasteiger partial charge >= 0.3 is 0 Å². The Morgan fingerprint density at radius 2 is 1.76 bits per heavy atom. The fourth-order valence-corrected chi connectivity index (χ4v) is 5.50. The van der Waals surface area contributed by atoms with Crippen LogP contribution >= 0.6 is 0 Å². The van der Waals surface area contributed by atoms with E-state index in [1.54, 1.807) is 4.90 Å². The van der Waals surface area contributed by atoms with Crippen molar-refractivity contribution in [1.29, 1.82) is 0 Å². The Labute approximate surface area is 171 Å². The van der Waals surface area contributed by atoms with Gasteiger partial charge in [0.25, 0.3) is 0 Å². The maximum absolute atomic E-state index is 13.2. The predicted octanol–water partition coefficient (Wildman–Crippen LogP) is 1.30. The van der Waals surface area contributed by atoms with Crippen LogP contribution in [0.4, 0.5) is 4.39 Å². The zero-order valence-corrected chi connectivity index (χ0v) is 17.5. The molecule has 3 aliphatic rings. The minimum Gasteiger partial charge on any atom is -0.489 e. The molecule has 4 rings (SSSR count). The molecule has 0 spiro atoms. The Bertz CT molecular complexity index is 836. The van der Waals surface area contributed by atoms with Gasteiger partial charge in [0.15, 0.2) is 0 Å². The molecule has 2 aliphatic heterocycles. The van der Waals surface area contributed by atoms with Gasteiger partial charge in [-0.05, 0) is 37.1 Å². The van der Waals surface area contributed by atoms with Gasteiger partial charge < -0.3 is 9.64 Å². The minimum atomic E-state index is -3.55. The Morgan fingerprint density at radius 1 is 1.10 bits per heavy atom. The maximum atomic E-state index is 13.2. The van der Waals surface area contributed by atoms with E-state index < -0.39 is 22.2 Å². The van der Waals surface area contributed by atoms with Crippen molar-refractivity contribution in [2.75, 3.05) is 39.0 Å². The summed E-state index contributed by atoms with van der Waals surface area (Å²) in [5.41, 5.74) is 0. The largest absolute Gasteiger partial charge is 0.489 e. The van der Waals surface area contributed by atoms with Gasteiger partial charge in [0.2, 0.25) is 15.9 Å². The van der Waals surface area contributed by atoms with E-state index in [9.17, 15) is 17.6 Å². The van der Waals surface area contributed by atoms with Crippen LogP contribution in [0.15, 0.2) is 24.3 Å². The summed E-state index contributed by atoms with van der Waals surface area (Å²) in [6.07, 6.45) is 4.74. The van der Waals surface area contributed by atoms with Gasteiger partial charge in [-0.3, -0.25) is 9.69 Å². The van der Waals surface area contributed by atoms with E-state index in [-0.39, 0.29) is 18.3 Å². The molecule has 2 saturated heterocycles. The number of halogens is 1. The lowest BCUT2D eigenvalue weighted by Gasteiger charge is -2.43. The van der Waals surface area contributed by atoms with Crippen molar-refractivity contribution in [3.63, 3.8) is 0 Å². The molecule has 1 saturated carbocycles. The monoisotopic (exact) mass is 425 g/mol. The highest BCUT2D eigenvalue weighted by Gasteiger charge is 2.45. The standard InChI is InChI=1S/C20H28FN3O4S/c1-29(26,27)24-14-18(28-17-7-5-15(21)6-8-17)13-19(24)20(25)23-11-9-22(10-12-23)16-3-2-4-16/h5-8,16,18-19H,2-4,9-14H2,1H3/t18-,19-/m0/s1. The molecule has 0 bridgehead atoms. The number of ether oxygens (including phenoxy) is 1. The average Bonchev–Trinajstić information content (AvgIpc) is 3.07. The molecule has 1 aliphatic carbocycles. The molecule has 0 N–H and O–H groups in total. The Hall–Kier alpha value is -1.71. The molecular formula is C20H28FN3O4S. The second-order valence-corrected chi connectivity index (χ2v) is 10.2. The lowest BCUT2D eigenvalue weighted by Crippen LogP contribution is -2.56. The molecule has 1 amide bonds. The first-order chi connectivity index (χ1) is 13.8. The lowest BCUT2D eigenvalue weighted by molar-refractivity contribution is -0.137. The third-order valence-corrected chi connectivity index (χ3v) is 7.52. The number of carbonyl (C=O) groups excluding carboxylic acids is 1. The summed E-state index contributed by atoms with van der Waals surface area (Å²) < 4.78 is 44.8. The van der Waals surface area contributed by atoms with Crippen LogP contribution in [0.2, 0.25) is 0 Å². The van der Waals surface area contributed by atoms with Crippen molar-refractivity contribution in [2.24, 2.45) is 0 Å². The molecule has 2 heterocycles. The van der Waals surface area contributed by atoms with E-state index in [1.807, 2.05) is 0 Å². The van der Waals surface area contributed by atoms with E-state index >= 15 is 0 Å². The summed E-state index contributed by atoms with van der Waals surface area (Å²) in [7, 11) is -3.55. The van der Waals surface area contributed by atoms with Crippen molar-refractivity contribution < 1.29 is 22.3 Å². The minimum absolute atomic E-state index is 0.120. The number of hydrogen-bond acceptors (Lipinski definition) is 5. The van der Waals surface area contributed by atoms with E-state index in [0.717, 1.165) is 19.3 Å². The first-order valence-corrected chi connectivity index (χ1v) is 12.1. The molecule has 9 heteroatoms. The second kappa shape index (κ2) is 8.20. The van der Waals surface area contributed by atoms with Gasteiger partial charge in [-0.25, -0.2) is 12.8 Å². The van der Waals surface area contributed by atoms with Crippen molar-refractivity contribution in [3.05, 3.63) is 30.1 Å². The predicted molar refractivity (Wildman–Crippen MR) is 107 cm³/mol. The van der Waals surface area contributed by atoms with Gasteiger partial charge in [-0.15, -0.1) is 0 Å². The summed E-state index contributed by atoms with van der Waals surface area (Å²) in [6, 6.07) is 5.51. The van der Waals surface area contributed by atoms with E-state index in [0.29, 0.717) is 31.3 Å². The normalized spacial score (nSPS) is 27.0. The van der Waals surface area contributed by atoms with Crippen LogP contribution in [-0.4, -0.2) is 85.6 Å². The zero-order valence-electron chi connectivity index (χ0n) is 16.7. The molecule has 0 aromatic heterocycles. The van der Waals surface area contributed by atoms with Crippen LogP contribution in [0.3, 0.4) is 0 Å². The number of sulfonamides is 1. The smallest absolute Gasteiger partial charge is 0.241 e. The molecule has 0 radical (unpaired) electrons. The zero-order chi connectivity index (χ0) is 20.6. The van der Waals surface area contributed by atoms with Crippen molar-refractivity contribution in [3.8, 4) is 5.75 Å². The number of hydrogen-bond donors (Lipinski definition) is 0. The Balaban J connectivity index is 1.41. The topological polar surface area (TPSA) is 70.2 Å². The average molecular weight is 426 g/mol. The van der Waals surface area contributed by atoms with Gasteiger partial charge in [0, 0.05) is 38.6 Å². The van der Waals surface area contributed by atoms with Crippen LogP contribution in [0.5, 0.6) is 5.75 Å². The summed E-state index contributed by atoms with van der Waals surface area (Å²) in [6.45, 7) is 3.07. The first kappa shape index (κ1) is 20.6. The highest BCUT2D eigenvalue weighted by atomic mass is 32.2. The number of amides is 1.